The van der Waals surface area contributed by atoms with Gasteiger partial charge in [-0.2, -0.15) is 0 Å². The van der Waals surface area contributed by atoms with Gasteiger partial charge in [-0.15, -0.1) is 0 Å². The first-order chi connectivity index (χ1) is 13.8. The van der Waals surface area contributed by atoms with Crippen LogP contribution < -0.4 is 15.0 Å². The van der Waals surface area contributed by atoms with E-state index in [4.69, 9.17) is 9.47 Å². The number of rotatable bonds is 7. The van der Waals surface area contributed by atoms with Crippen molar-refractivity contribution in [3.05, 3.63) is 58.4 Å². The van der Waals surface area contributed by atoms with Crippen LogP contribution in [-0.2, 0) is 11.8 Å². The van der Waals surface area contributed by atoms with Gasteiger partial charge in [0, 0.05) is 31.3 Å². The third kappa shape index (κ3) is 3.99. The summed E-state index contributed by atoms with van der Waals surface area (Å²) in [4.78, 5) is 36.2. The largest absolute Gasteiger partial charge is 0.506 e. The van der Waals surface area contributed by atoms with E-state index in [1.165, 1.54) is 25.6 Å². The third-order valence-electron chi connectivity index (χ3n) is 4.62. The molecule has 0 aliphatic rings. The molecule has 0 radical (unpaired) electrons. The minimum Gasteiger partial charge on any atom is -0.506 e. The lowest BCUT2D eigenvalue weighted by Gasteiger charge is -2.14. The molecule has 0 spiro atoms. The number of pyridine rings is 1. The van der Waals surface area contributed by atoms with E-state index in [2.05, 4.69) is 0 Å². The topological polar surface area (TPSA) is 94.8 Å². The summed E-state index contributed by atoms with van der Waals surface area (Å²) in [6, 6.07) is 11.9. The van der Waals surface area contributed by atoms with Gasteiger partial charge in [0.2, 0.25) is 0 Å². The number of methoxy groups -OCH3 is 1. The van der Waals surface area contributed by atoms with Crippen molar-refractivity contribution >= 4 is 22.5 Å². The highest BCUT2D eigenvalue weighted by Gasteiger charge is 2.21. The number of nitrogens with zero attached hydrogens (tertiary/aromatic N) is 1. The molecule has 0 fully saturated rings. The van der Waals surface area contributed by atoms with E-state index in [0.717, 1.165) is 0 Å². The number of carbonyl (C=O) groups excluding carboxylic acids is 2. The van der Waals surface area contributed by atoms with E-state index in [9.17, 15) is 19.5 Å². The summed E-state index contributed by atoms with van der Waals surface area (Å²) >= 11 is 0. The van der Waals surface area contributed by atoms with Crippen molar-refractivity contribution in [1.29, 1.82) is 0 Å². The van der Waals surface area contributed by atoms with Gasteiger partial charge in [0.25, 0.3) is 5.56 Å². The lowest BCUT2D eigenvalue weighted by molar-refractivity contribution is -0.116. The maximum Gasteiger partial charge on any atom is 0.265 e. The molecule has 1 aromatic heterocycles. The van der Waals surface area contributed by atoms with E-state index in [-0.39, 0.29) is 29.9 Å². The predicted molar refractivity (Wildman–Crippen MR) is 108 cm³/mol. The SMILES string of the molecule is COc1ccccc1Oc1ccc2c(O)c(C(=O)CCC(C)=O)c(=O)n(C)c2c1. The Bertz CT molecular complexity index is 1160. The van der Waals surface area contributed by atoms with E-state index >= 15 is 0 Å². The van der Waals surface area contributed by atoms with Crippen LogP contribution in [0.5, 0.6) is 23.0 Å². The van der Waals surface area contributed by atoms with Crippen LogP contribution >= 0.6 is 0 Å². The Morgan fingerprint density at radius 2 is 1.76 bits per heavy atom. The molecule has 3 rings (SSSR count). The zero-order chi connectivity index (χ0) is 21.1. The van der Waals surface area contributed by atoms with Gasteiger partial charge in [-0.25, -0.2) is 0 Å². The number of aryl methyl sites for hydroxylation is 1. The molecule has 0 atom stereocenters. The number of para-hydroxylation sites is 2. The smallest absolute Gasteiger partial charge is 0.265 e. The second-order valence-corrected chi connectivity index (χ2v) is 6.64. The second kappa shape index (κ2) is 8.18. The fourth-order valence-corrected chi connectivity index (χ4v) is 3.06. The summed E-state index contributed by atoms with van der Waals surface area (Å²) in [6.45, 7) is 1.37. The summed E-state index contributed by atoms with van der Waals surface area (Å²) in [5, 5.41) is 10.9. The van der Waals surface area contributed by atoms with Gasteiger partial charge in [0.05, 0.1) is 12.6 Å². The van der Waals surface area contributed by atoms with Crippen molar-refractivity contribution in [2.24, 2.45) is 7.05 Å². The number of hydrogen-bond donors (Lipinski definition) is 1. The maximum absolute atomic E-state index is 12.7. The molecule has 0 bridgehead atoms. The molecule has 150 valence electrons. The molecular formula is C22H21NO6. The Balaban J connectivity index is 2.05. The zero-order valence-electron chi connectivity index (χ0n) is 16.4. The molecule has 0 aliphatic carbocycles. The normalized spacial score (nSPS) is 10.7. The second-order valence-electron chi connectivity index (χ2n) is 6.64. The van der Waals surface area contributed by atoms with Crippen molar-refractivity contribution < 1.29 is 24.2 Å². The number of ketones is 2. The quantitative estimate of drug-likeness (QED) is 0.614. The molecule has 0 aliphatic heterocycles. The number of aromatic nitrogens is 1. The zero-order valence-corrected chi connectivity index (χ0v) is 16.4. The van der Waals surface area contributed by atoms with Crippen molar-refractivity contribution in [2.75, 3.05) is 7.11 Å². The summed E-state index contributed by atoms with van der Waals surface area (Å²) in [5.41, 5.74) is -0.527. The Morgan fingerprint density at radius 3 is 2.41 bits per heavy atom. The number of ether oxygens (including phenoxy) is 2. The molecule has 7 heteroatoms. The lowest BCUT2D eigenvalue weighted by Crippen LogP contribution is -2.25. The maximum atomic E-state index is 12.7. The summed E-state index contributed by atoms with van der Waals surface area (Å²) in [6.07, 6.45) is -0.107. The standard InChI is InChI=1S/C22H21NO6/c1-13(24)8-11-17(25)20-21(26)15-10-9-14(12-16(15)23(2)22(20)27)29-19-7-5-4-6-18(19)28-3/h4-7,9-10,12,26H,8,11H2,1-3H3. The number of benzene rings is 2. The van der Waals surface area contributed by atoms with E-state index in [1.807, 2.05) is 6.07 Å². The van der Waals surface area contributed by atoms with Crippen LogP contribution in [0.1, 0.15) is 30.1 Å². The van der Waals surface area contributed by atoms with Gasteiger partial charge in [0.1, 0.15) is 22.8 Å². The molecule has 0 amide bonds. The number of aromatic hydroxyl groups is 1. The first-order valence-electron chi connectivity index (χ1n) is 9.02. The van der Waals surface area contributed by atoms with Crippen LogP contribution in [0.15, 0.2) is 47.3 Å². The van der Waals surface area contributed by atoms with Crippen LogP contribution in [0.3, 0.4) is 0 Å². The molecule has 0 unspecified atom stereocenters. The number of hydrogen-bond acceptors (Lipinski definition) is 6. The highest BCUT2D eigenvalue weighted by Crippen LogP contribution is 2.34. The molecule has 1 heterocycles. The van der Waals surface area contributed by atoms with Crippen molar-refractivity contribution in [3.8, 4) is 23.0 Å². The van der Waals surface area contributed by atoms with E-state index < -0.39 is 11.3 Å². The Morgan fingerprint density at radius 1 is 1.07 bits per heavy atom. The molecule has 0 saturated carbocycles. The average molecular weight is 395 g/mol. The van der Waals surface area contributed by atoms with Crippen LogP contribution in [0.2, 0.25) is 0 Å². The van der Waals surface area contributed by atoms with Gasteiger partial charge in [0.15, 0.2) is 17.3 Å². The molecular weight excluding hydrogens is 374 g/mol. The first kappa shape index (κ1) is 20.1. The van der Waals surface area contributed by atoms with Gasteiger partial charge in [-0.3, -0.25) is 9.59 Å². The molecule has 7 nitrogen and oxygen atoms in total. The fraction of sp³-hybridized carbons (Fsp3) is 0.227. The van der Waals surface area contributed by atoms with Crippen LogP contribution in [0.4, 0.5) is 0 Å². The summed E-state index contributed by atoms with van der Waals surface area (Å²) in [7, 11) is 3.05. The lowest BCUT2D eigenvalue weighted by atomic mass is 10.0. The van der Waals surface area contributed by atoms with Crippen molar-refractivity contribution in [2.45, 2.75) is 19.8 Å². The molecule has 0 saturated heterocycles. The van der Waals surface area contributed by atoms with Gasteiger partial charge < -0.3 is 23.9 Å². The van der Waals surface area contributed by atoms with Crippen molar-refractivity contribution in [1.82, 2.24) is 4.57 Å². The van der Waals surface area contributed by atoms with Gasteiger partial charge in [-0.05, 0) is 31.2 Å². The first-order valence-corrected chi connectivity index (χ1v) is 9.02. The third-order valence-corrected chi connectivity index (χ3v) is 4.62. The van der Waals surface area contributed by atoms with Crippen LogP contribution in [0.25, 0.3) is 10.9 Å². The molecule has 3 aromatic rings. The average Bonchev–Trinajstić information content (AvgIpc) is 2.71. The minimum absolute atomic E-state index is 0.0190. The molecule has 2 aromatic carbocycles. The van der Waals surface area contributed by atoms with E-state index in [1.54, 1.807) is 36.4 Å². The Kier molecular flexibility index (Phi) is 5.68. The van der Waals surface area contributed by atoms with Gasteiger partial charge in [-0.1, -0.05) is 12.1 Å². The molecule has 1 N–H and O–H groups in total. The Labute approximate surface area is 167 Å². The minimum atomic E-state index is -0.627. The Hall–Kier alpha value is -3.61. The predicted octanol–water partition coefficient (Wildman–Crippen LogP) is 3.60. The summed E-state index contributed by atoms with van der Waals surface area (Å²) in [5.74, 6) is 0.381. The highest BCUT2D eigenvalue weighted by molar-refractivity contribution is 6.04. The number of fused-ring (bicyclic) bond motifs is 1. The summed E-state index contributed by atoms with van der Waals surface area (Å²) < 4.78 is 12.4. The number of carbonyl (C=O) groups is 2. The van der Waals surface area contributed by atoms with Crippen LogP contribution in [-0.4, -0.2) is 28.3 Å². The highest BCUT2D eigenvalue weighted by atomic mass is 16.5. The van der Waals surface area contributed by atoms with Crippen molar-refractivity contribution in [3.63, 3.8) is 0 Å². The monoisotopic (exact) mass is 395 g/mol. The van der Waals surface area contributed by atoms with Crippen LogP contribution in [0, 0.1) is 0 Å². The molecule has 29 heavy (non-hydrogen) atoms. The number of Topliss-reactive ketones (excluding diaryl/α,β-unsaturated/α-hetero) is 2. The van der Waals surface area contributed by atoms with Gasteiger partial charge >= 0.3 is 0 Å². The van der Waals surface area contributed by atoms with E-state index in [0.29, 0.717) is 28.2 Å². The fourth-order valence-electron chi connectivity index (χ4n) is 3.06.